The van der Waals surface area contributed by atoms with E-state index in [1.54, 1.807) is 30.3 Å². The predicted molar refractivity (Wildman–Crippen MR) is 64.2 cm³/mol. The first-order chi connectivity index (χ1) is 7.15. The first-order valence-electron chi connectivity index (χ1n) is 4.30. The summed E-state index contributed by atoms with van der Waals surface area (Å²) in [6.07, 6.45) is 0. The van der Waals surface area contributed by atoms with Crippen LogP contribution in [0.1, 0.15) is 10.4 Å². The number of carboxylic acids is 1. The average molecular weight is 319 g/mol. The molecule has 0 bridgehead atoms. The van der Waals surface area contributed by atoms with Crippen LogP contribution in [0.5, 0.6) is 0 Å². The fraction of sp³-hybridized carbons (Fsp3) is 0.200. The summed E-state index contributed by atoms with van der Waals surface area (Å²) >= 11 is 1.92. The van der Waals surface area contributed by atoms with Crippen molar-refractivity contribution in [2.45, 2.75) is 6.04 Å². The maximum atomic E-state index is 11.5. The van der Waals surface area contributed by atoms with Crippen LogP contribution in [0.25, 0.3) is 0 Å². The van der Waals surface area contributed by atoms with Gasteiger partial charge in [0.25, 0.3) is 5.91 Å². The molecule has 1 aromatic carbocycles. The number of carbonyl (C=O) groups excluding carboxylic acids is 1. The summed E-state index contributed by atoms with van der Waals surface area (Å²) in [7, 11) is 0. The second kappa shape index (κ2) is 5.69. The lowest BCUT2D eigenvalue weighted by Gasteiger charge is -2.11. The molecular formula is C10H10INO3. The molecule has 1 rings (SSSR count). The van der Waals surface area contributed by atoms with Gasteiger partial charge in [0.05, 0.1) is 0 Å². The lowest BCUT2D eigenvalue weighted by atomic mass is 10.2. The van der Waals surface area contributed by atoms with Crippen LogP contribution < -0.4 is 5.32 Å². The highest BCUT2D eigenvalue weighted by molar-refractivity contribution is 14.1. The smallest absolute Gasteiger partial charge is 0.327 e. The number of aliphatic carboxylic acids is 1. The lowest BCUT2D eigenvalue weighted by molar-refractivity contribution is -0.138. The molecule has 0 aliphatic rings. The Hall–Kier alpha value is -1.11. The van der Waals surface area contributed by atoms with E-state index in [4.69, 9.17) is 5.11 Å². The number of carboxylic acid groups (broad SMARTS) is 1. The third-order valence-electron chi connectivity index (χ3n) is 1.79. The second-order valence-corrected chi connectivity index (χ2v) is 3.77. The van der Waals surface area contributed by atoms with Crippen molar-refractivity contribution >= 4 is 34.5 Å². The Morgan fingerprint density at radius 2 is 1.93 bits per heavy atom. The molecule has 0 saturated carbocycles. The van der Waals surface area contributed by atoms with Crippen molar-refractivity contribution < 1.29 is 14.7 Å². The largest absolute Gasteiger partial charge is 0.480 e. The van der Waals surface area contributed by atoms with Gasteiger partial charge < -0.3 is 10.4 Å². The number of hydrogen-bond acceptors (Lipinski definition) is 2. The van der Waals surface area contributed by atoms with Crippen LogP contribution in [0.15, 0.2) is 30.3 Å². The van der Waals surface area contributed by atoms with Crippen LogP contribution in [0.3, 0.4) is 0 Å². The Labute approximate surface area is 101 Å². The number of alkyl halides is 1. The fourth-order valence-electron chi connectivity index (χ4n) is 0.997. The molecule has 0 aliphatic heterocycles. The molecule has 0 aliphatic carbocycles. The van der Waals surface area contributed by atoms with Gasteiger partial charge in [-0.1, -0.05) is 40.8 Å². The molecule has 80 valence electrons. The third kappa shape index (κ3) is 3.50. The SMILES string of the molecule is O=C(N[C@@H](CI)C(=O)O)c1ccccc1. The zero-order chi connectivity index (χ0) is 11.3. The normalized spacial score (nSPS) is 11.8. The van der Waals surface area contributed by atoms with E-state index in [-0.39, 0.29) is 5.91 Å². The quantitative estimate of drug-likeness (QED) is 0.649. The molecular weight excluding hydrogens is 309 g/mol. The number of rotatable bonds is 4. The van der Waals surface area contributed by atoms with Gasteiger partial charge >= 0.3 is 5.97 Å². The molecule has 15 heavy (non-hydrogen) atoms. The minimum atomic E-state index is -1.02. The minimum Gasteiger partial charge on any atom is -0.480 e. The van der Waals surface area contributed by atoms with E-state index >= 15 is 0 Å². The van der Waals surface area contributed by atoms with Gasteiger partial charge in [0.2, 0.25) is 0 Å². The van der Waals surface area contributed by atoms with Gasteiger partial charge in [-0.15, -0.1) is 0 Å². The van der Waals surface area contributed by atoms with Crippen molar-refractivity contribution in [1.29, 1.82) is 0 Å². The monoisotopic (exact) mass is 319 g/mol. The number of benzene rings is 1. The van der Waals surface area contributed by atoms with Crippen molar-refractivity contribution in [3.8, 4) is 0 Å². The van der Waals surface area contributed by atoms with Crippen LogP contribution in [-0.4, -0.2) is 27.5 Å². The number of carbonyl (C=O) groups is 2. The van der Waals surface area contributed by atoms with Gasteiger partial charge in [-0.2, -0.15) is 0 Å². The molecule has 1 amide bonds. The van der Waals surface area contributed by atoms with Crippen molar-refractivity contribution in [1.82, 2.24) is 5.32 Å². The van der Waals surface area contributed by atoms with Crippen molar-refractivity contribution in [3.05, 3.63) is 35.9 Å². The second-order valence-electron chi connectivity index (χ2n) is 2.88. The number of halogens is 1. The van der Waals surface area contributed by atoms with Gasteiger partial charge in [-0.3, -0.25) is 4.79 Å². The molecule has 0 aromatic heterocycles. The summed E-state index contributed by atoms with van der Waals surface area (Å²) < 4.78 is 0.339. The summed E-state index contributed by atoms with van der Waals surface area (Å²) in [6.45, 7) is 0. The van der Waals surface area contributed by atoms with Crippen LogP contribution in [0.4, 0.5) is 0 Å². The molecule has 1 atom stereocenters. The highest BCUT2D eigenvalue weighted by atomic mass is 127. The summed E-state index contributed by atoms with van der Waals surface area (Å²) in [5, 5.41) is 11.2. The number of amides is 1. The van der Waals surface area contributed by atoms with E-state index in [0.29, 0.717) is 9.99 Å². The van der Waals surface area contributed by atoms with Crippen LogP contribution >= 0.6 is 22.6 Å². The molecule has 0 heterocycles. The Morgan fingerprint density at radius 3 is 2.40 bits per heavy atom. The minimum absolute atomic E-state index is 0.339. The van der Waals surface area contributed by atoms with Crippen molar-refractivity contribution in [3.63, 3.8) is 0 Å². The maximum absolute atomic E-state index is 11.5. The molecule has 0 unspecified atom stereocenters. The summed E-state index contributed by atoms with van der Waals surface area (Å²) in [4.78, 5) is 22.2. The average Bonchev–Trinajstić information content (AvgIpc) is 2.26. The highest BCUT2D eigenvalue weighted by Crippen LogP contribution is 2.00. The summed E-state index contributed by atoms with van der Waals surface area (Å²) in [6, 6.07) is 7.70. The molecule has 4 nitrogen and oxygen atoms in total. The van der Waals surface area contributed by atoms with Crippen molar-refractivity contribution in [2.75, 3.05) is 4.43 Å². The highest BCUT2D eigenvalue weighted by Gasteiger charge is 2.18. The van der Waals surface area contributed by atoms with E-state index in [1.165, 1.54) is 0 Å². The summed E-state index contributed by atoms with van der Waals surface area (Å²) in [5.74, 6) is -1.38. The molecule has 2 N–H and O–H groups in total. The molecule has 0 radical (unpaired) electrons. The Morgan fingerprint density at radius 1 is 1.33 bits per heavy atom. The van der Waals surface area contributed by atoms with Gasteiger partial charge in [-0.25, -0.2) is 4.79 Å². The molecule has 0 fully saturated rings. The fourth-order valence-corrected chi connectivity index (χ4v) is 1.59. The zero-order valence-corrected chi connectivity index (χ0v) is 9.97. The topological polar surface area (TPSA) is 66.4 Å². The standard InChI is InChI=1S/C10H10INO3/c11-6-8(10(14)15)12-9(13)7-4-2-1-3-5-7/h1-5,8H,6H2,(H,12,13)(H,14,15)/t8-/m0/s1. The zero-order valence-electron chi connectivity index (χ0n) is 7.81. The predicted octanol–water partition coefficient (Wildman–Crippen LogP) is 1.30. The van der Waals surface area contributed by atoms with Crippen LogP contribution in [0, 0.1) is 0 Å². The van der Waals surface area contributed by atoms with Crippen LogP contribution in [-0.2, 0) is 4.79 Å². The van der Waals surface area contributed by atoms with E-state index < -0.39 is 12.0 Å². The number of hydrogen-bond donors (Lipinski definition) is 2. The van der Waals surface area contributed by atoms with E-state index in [1.807, 2.05) is 22.6 Å². The molecule has 0 spiro atoms. The van der Waals surface area contributed by atoms with E-state index in [9.17, 15) is 9.59 Å². The van der Waals surface area contributed by atoms with Gasteiger partial charge in [0, 0.05) is 9.99 Å². The maximum Gasteiger partial charge on any atom is 0.327 e. The van der Waals surface area contributed by atoms with E-state index in [2.05, 4.69) is 5.32 Å². The molecule has 1 aromatic rings. The van der Waals surface area contributed by atoms with Gasteiger partial charge in [0.15, 0.2) is 0 Å². The first kappa shape index (κ1) is 12.0. The van der Waals surface area contributed by atoms with Crippen LogP contribution in [0.2, 0.25) is 0 Å². The number of nitrogens with one attached hydrogen (secondary N) is 1. The Kier molecular flexibility index (Phi) is 4.54. The van der Waals surface area contributed by atoms with Gasteiger partial charge in [-0.05, 0) is 12.1 Å². The molecule has 5 heteroatoms. The molecule has 0 saturated heterocycles. The lowest BCUT2D eigenvalue weighted by Crippen LogP contribution is -2.41. The van der Waals surface area contributed by atoms with E-state index in [0.717, 1.165) is 0 Å². The van der Waals surface area contributed by atoms with Gasteiger partial charge in [0.1, 0.15) is 6.04 Å². The Balaban J connectivity index is 2.67. The van der Waals surface area contributed by atoms with Crippen molar-refractivity contribution in [2.24, 2.45) is 0 Å². The summed E-state index contributed by atoms with van der Waals surface area (Å²) in [5.41, 5.74) is 0.466. The third-order valence-corrected chi connectivity index (χ3v) is 2.67. The Bertz CT molecular complexity index is 353. The first-order valence-corrected chi connectivity index (χ1v) is 5.82.